The summed E-state index contributed by atoms with van der Waals surface area (Å²) in [5, 5.41) is 0. The zero-order valence-electron chi connectivity index (χ0n) is 6.69. The highest BCUT2D eigenvalue weighted by Crippen LogP contribution is 2.34. The molecule has 2 nitrogen and oxygen atoms in total. The molecular formula is C8H11IO2. The van der Waals surface area contributed by atoms with Crippen molar-refractivity contribution >= 4 is 34.2 Å². The van der Waals surface area contributed by atoms with E-state index in [1.54, 1.807) is 0 Å². The Bertz CT molecular complexity index is 208. The van der Waals surface area contributed by atoms with Gasteiger partial charge in [-0.2, -0.15) is 0 Å². The predicted octanol–water partition coefficient (Wildman–Crippen LogP) is 1.75. The number of carbonyl (C=O) groups is 2. The quantitative estimate of drug-likeness (QED) is 0.380. The summed E-state index contributed by atoms with van der Waals surface area (Å²) >= 11 is 2.05. The molecular weight excluding hydrogens is 255 g/mol. The Morgan fingerprint density at radius 2 is 2.00 bits per heavy atom. The lowest BCUT2D eigenvalue weighted by Gasteiger charge is -2.30. The first-order valence-corrected chi connectivity index (χ1v) is 4.88. The van der Waals surface area contributed by atoms with Crippen molar-refractivity contribution in [2.24, 2.45) is 5.41 Å². The third-order valence-corrected chi connectivity index (χ3v) is 2.94. The topological polar surface area (TPSA) is 34.1 Å². The lowest BCUT2D eigenvalue weighted by molar-refractivity contribution is -0.139. The molecule has 0 spiro atoms. The molecule has 0 amide bonds. The molecule has 0 aromatic rings. The predicted molar refractivity (Wildman–Crippen MR) is 50.8 cm³/mol. The van der Waals surface area contributed by atoms with Crippen molar-refractivity contribution in [3.8, 4) is 0 Å². The molecule has 3 heteroatoms. The van der Waals surface area contributed by atoms with E-state index in [0.717, 1.165) is 6.42 Å². The third kappa shape index (κ3) is 2.01. The van der Waals surface area contributed by atoms with E-state index >= 15 is 0 Å². The Kier molecular flexibility index (Phi) is 2.37. The molecule has 1 unspecified atom stereocenters. The van der Waals surface area contributed by atoms with Gasteiger partial charge in [-0.05, 0) is 11.8 Å². The first-order chi connectivity index (χ1) is 4.92. The Balaban J connectivity index is 2.78. The highest BCUT2D eigenvalue weighted by atomic mass is 127. The van der Waals surface area contributed by atoms with E-state index in [-0.39, 0.29) is 20.9 Å². The van der Waals surface area contributed by atoms with Crippen molar-refractivity contribution < 1.29 is 9.59 Å². The zero-order valence-corrected chi connectivity index (χ0v) is 8.84. The van der Waals surface area contributed by atoms with Gasteiger partial charge in [-0.3, -0.25) is 9.59 Å². The molecule has 1 aliphatic carbocycles. The summed E-state index contributed by atoms with van der Waals surface area (Å²) in [6, 6.07) is 0. The monoisotopic (exact) mass is 266 g/mol. The highest BCUT2D eigenvalue weighted by molar-refractivity contribution is 14.1. The highest BCUT2D eigenvalue weighted by Gasteiger charge is 2.37. The largest absolute Gasteiger partial charge is 0.291 e. The fourth-order valence-electron chi connectivity index (χ4n) is 1.35. The fraction of sp³-hybridized carbons (Fsp3) is 0.750. The lowest BCUT2D eigenvalue weighted by atomic mass is 9.76. The molecule has 1 atom stereocenters. The van der Waals surface area contributed by atoms with Gasteiger partial charge in [0.05, 0.1) is 3.92 Å². The van der Waals surface area contributed by atoms with Gasteiger partial charge in [-0.1, -0.05) is 36.4 Å². The zero-order chi connectivity index (χ0) is 8.65. The van der Waals surface area contributed by atoms with E-state index in [1.165, 1.54) is 0 Å². The molecule has 62 valence electrons. The Hall–Kier alpha value is 0.0700. The van der Waals surface area contributed by atoms with E-state index in [0.29, 0.717) is 6.42 Å². The van der Waals surface area contributed by atoms with Gasteiger partial charge in [-0.15, -0.1) is 0 Å². The van der Waals surface area contributed by atoms with Crippen LogP contribution in [0.4, 0.5) is 0 Å². The summed E-state index contributed by atoms with van der Waals surface area (Å²) in [6.07, 6.45) is 1.25. The smallest absolute Gasteiger partial charge is 0.211 e. The van der Waals surface area contributed by atoms with Crippen LogP contribution in [0.15, 0.2) is 0 Å². The van der Waals surface area contributed by atoms with Gasteiger partial charge >= 0.3 is 0 Å². The van der Waals surface area contributed by atoms with Crippen LogP contribution in [-0.2, 0) is 9.59 Å². The summed E-state index contributed by atoms with van der Waals surface area (Å²) in [7, 11) is 0. The van der Waals surface area contributed by atoms with Gasteiger partial charge in [0, 0.05) is 6.42 Å². The number of rotatable bonds is 0. The molecule has 0 aromatic carbocycles. The average molecular weight is 266 g/mol. The Morgan fingerprint density at radius 3 is 2.45 bits per heavy atom. The maximum Gasteiger partial charge on any atom is 0.211 e. The molecule has 0 aliphatic heterocycles. The minimum absolute atomic E-state index is 0.0247. The summed E-state index contributed by atoms with van der Waals surface area (Å²) < 4.78 is -0.0937. The van der Waals surface area contributed by atoms with Crippen molar-refractivity contribution in [3.05, 3.63) is 0 Å². The molecule has 0 bridgehead atoms. The number of hydrogen-bond donors (Lipinski definition) is 0. The van der Waals surface area contributed by atoms with Crippen LogP contribution in [0.1, 0.15) is 26.7 Å². The molecule has 0 saturated heterocycles. The van der Waals surface area contributed by atoms with Crippen LogP contribution in [0.5, 0.6) is 0 Å². The van der Waals surface area contributed by atoms with E-state index < -0.39 is 0 Å². The second kappa shape index (κ2) is 2.84. The molecule has 0 radical (unpaired) electrons. The van der Waals surface area contributed by atoms with Gasteiger partial charge in [0.25, 0.3) is 0 Å². The summed E-state index contributed by atoms with van der Waals surface area (Å²) in [6.45, 7) is 4.06. The number of alkyl halides is 1. The van der Waals surface area contributed by atoms with Gasteiger partial charge in [0.2, 0.25) is 5.78 Å². The van der Waals surface area contributed by atoms with Gasteiger partial charge in [0.15, 0.2) is 5.78 Å². The van der Waals surface area contributed by atoms with Crippen LogP contribution < -0.4 is 0 Å². The minimum atomic E-state index is -0.194. The number of carbonyl (C=O) groups excluding carboxylic acids is 2. The normalized spacial score (nSPS) is 30.6. The lowest BCUT2D eigenvalue weighted by Crippen LogP contribution is -2.37. The van der Waals surface area contributed by atoms with Crippen LogP contribution in [0.2, 0.25) is 0 Å². The summed E-state index contributed by atoms with van der Waals surface area (Å²) in [5.74, 6) is -0.384. The van der Waals surface area contributed by atoms with E-state index in [9.17, 15) is 9.59 Å². The molecule has 0 N–H and O–H groups in total. The first kappa shape index (κ1) is 9.16. The molecule has 0 heterocycles. The van der Waals surface area contributed by atoms with Gasteiger partial charge in [-0.25, -0.2) is 0 Å². The van der Waals surface area contributed by atoms with Crippen LogP contribution in [-0.4, -0.2) is 15.5 Å². The number of halogens is 1. The molecule has 0 aromatic heterocycles. The Labute approximate surface area is 79.9 Å². The van der Waals surface area contributed by atoms with E-state index in [2.05, 4.69) is 22.6 Å². The van der Waals surface area contributed by atoms with Crippen LogP contribution in [0.3, 0.4) is 0 Å². The van der Waals surface area contributed by atoms with E-state index in [4.69, 9.17) is 0 Å². The number of Topliss-reactive ketones (excluding diaryl/α,β-unsaturated/α-hetero) is 2. The standard InChI is InChI=1S/C8H11IO2/c1-8(2)3-5(9)7(11)6(10)4-8/h5H,3-4H2,1-2H3. The second-order valence-electron chi connectivity index (χ2n) is 3.80. The minimum Gasteiger partial charge on any atom is -0.291 e. The fourth-order valence-corrected chi connectivity index (χ4v) is 2.89. The van der Waals surface area contributed by atoms with Crippen LogP contribution in [0, 0.1) is 5.41 Å². The molecule has 1 saturated carbocycles. The van der Waals surface area contributed by atoms with Gasteiger partial charge in [0.1, 0.15) is 0 Å². The van der Waals surface area contributed by atoms with Crippen molar-refractivity contribution in [2.75, 3.05) is 0 Å². The van der Waals surface area contributed by atoms with E-state index in [1.807, 2.05) is 13.8 Å². The van der Waals surface area contributed by atoms with Gasteiger partial charge < -0.3 is 0 Å². The maximum absolute atomic E-state index is 11.1. The maximum atomic E-state index is 11.1. The van der Waals surface area contributed by atoms with Crippen molar-refractivity contribution in [1.82, 2.24) is 0 Å². The molecule has 11 heavy (non-hydrogen) atoms. The van der Waals surface area contributed by atoms with Crippen LogP contribution >= 0.6 is 22.6 Å². The average Bonchev–Trinajstić information content (AvgIpc) is 1.81. The Morgan fingerprint density at radius 1 is 1.45 bits per heavy atom. The number of ketones is 2. The molecule has 1 fully saturated rings. The molecule has 1 aliphatic rings. The van der Waals surface area contributed by atoms with Crippen molar-refractivity contribution in [3.63, 3.8) is 0 Å². The second-order valence-corrected chi connectivity index (χ2v) is 5.30. The molecule has 1 rings (SSSR count). The summed E-state index contributed by atoms with van der Waals surface area (Å²) in [5.41, 5.74) is 0.0247. The summed E-state index contributed by atoms with van der Waals surface area (Å²) in [4.78, 5) is 22.1. The van der Waals surface area contributed by atoms with Crippen molar-refractivity contribution in [1.29, 1.82) is 0 Å². The SMILES string of the molecule is CC1(C)CC(=O)C(=O)C(I)C1. The van der Waals surface area contributed by atoms with Crippen LogP contribution in [0.25, 0.3) is 0 Å². The first-order valence-electron chi connectivity index (χ1n) is 3.63. The third-order valence-electron chi connectivity index (χ3n) is 1.93. The van der Waals surface area contributed by atoms with Crippen molar-refractivity contribution in [2.45, 2.75) is 30.6 Å². The number of hydrogen-bond acceptors (Lipinski definition) is 2.